The van der Waals surface area contributed by atoms with Crippen LogP contribution in [0.15, 0.2) is 111 Å². The molecular formula is C26H21BrFNOS. The summed E-state index contributed by atoms with van der Waals surface area (Å²) >= 11 is 4.80. The van der Waals surface area contributed by atoms with Crippen molar-refractivity contribution in [3.05, 3.63) is 118 Å². The van der Waals surface area contributed by atoms with Gasteiger partial charge in [-0.15, -0.1) is 0 Å². The Hall–Kier alpha value is -2.76. The molecule has 0 saturated heterocycles. The Morgan fingerprint density at radius 1 is 0.806 bits per heavy atom. The molecular weight excluding hydrogens is 473 g/mol. The third kappa shape index (κ3) is 5.69. The van der Waals surface area contributed by atoms with E-state index in [0.717, 1.165) is 16.0 Å². The normalized spacial score (nSPS) is 10.6. The standard InChI is InChI=1S/C26H21BrFNOS/c27-24-23(30-18-20-12-6-2-7-13-20)16-22(29-17-19-10-4-1-5-11-19)26(25(24)28)31-21-14-8-3-9-15-21/h1-16,29H,17-18H2. The van der Waals surface area contributed by atoms with Gasteiger partial charge in [0.1, 0.15) is 12.4 Å². The second-order valence-electron chi connectivity index (χ2n) is 6.91. The highest BCUT2D eigenvalue weighted by Crippen LogP contribution is 2.43. The van der Waals surface area contributed by atoms with Gasteiger partial charge in [-0.05, 0) is 39.2 Å². The summed E-state index contributed by atoms with van der Waals surface area (Å²) in [6.07, 6.45) is 0. The van der Waals surface area contributed by atoms with Gasteiger partial charge in [0.15, 0.2) is 5.82 Å². The predicted molar refractivity (Wildman–Crippen MR) is 129 cm³/mol. The van der Waals surface area contributed by atoms with Gasteiger partial charge in [0.25, 0.3) is 0 Å². The van der Waals surface area contributed by atoms with Crippen LogP contribution in [0.2, 0.25) is 0 Å². The lowest BCUT2D eigenvalue weighted by Crippen LogP contribution is -2.04. The first kappa shape index (κ1) is 21.5. The van der Waals surface area contributed by atoms with Crippen molar-refractivity contribution in [2.75, 3.05) is 5.32 Å². The molecule has 0 saturated carbocycles. The molecule has 4 rings (SSSR count). The van der Waals surface area contributed by atoms with Crippen molar-refractivity contribution in [1.29, 1.82) is 0 Å². The molecule has 0 amide bonds. The fourth-order valence-electron chi connectivity index (χ4n) is 3.06. The summed E-state index contributed by atoms with van der Waals surface area (Å²) in [7, 11) is 0. The molecule has 0 aliphatic rings. The van der Waals surface area contributed by atoms with Crippen molar-refractivity contribution < 1.29 is 9.13 Å². The van der Waals surface area contributed by atoms with Crippen LogP contribution >= 0.6 is 27.7 Å². The van der Waals surface area contributed by atoms with Crippen molar-refractivity contribution in [3.8, 4) is 5.75 Å². The Kier molecular flexibility index (Phi) is 7.28. The second-order valence-corrected chi connectivity index (χ2v) is 8.78. The molecule has 0 aliphatic carbocycles. The van der Waals surface area contributed by atoms with E-state index >= 15 is 4.39 Å². The highest BCUT2D eigenvalue weighted by atomic mass is 79.9. The molecule has 0 unspecified atom stereocenters. The molecule has 31 heavy (non-hydrogen) atoms. The minimum atomic E-state index is -0.338. The number of anilines is 1. The molecule has 4 aromatic carbocycles. The van der Waals surface area contributed by atoms with Gasteiger partial charge < -0.3 is 10.1 Å². The molecule has 1 N–H and O–H groups in total. The van der Waals surface area contributed by atoms with Gasteiger partial charge in [-0.3, -0.25) is 0 Å². The maximum Gasteiger partial charge on any atom is 0.157 e. The third-order valence-electron chi connectivity index (χ3n) is 4.65. The van der Waals surface area contributed by atoms with E-state index in [4.69, 9.17) is 4.74 Å². The van der Waals surface area contributed by atoms with E-state index in [1.54, 1.807) is 0 Å². The summed E-state index contributed by atoms with van der Waals surface area (Å²) in [4.78, 5) is 1.50. The van der Waals surface area contributed by atoms with E-state index < -0.39 is 0 Å². The average Bonchev–Trinajstić information content (AvgIpc) is 2.83. The van der Waals surface area contributed by atoms with E-state index in [9.17, 15) is 0 Å². The zero-order valence-electron chi connectivity index (χ0n) is 16.7. The maximum atomic E-state index is 15.5. The first-order valence-electron chi connectivity index (χ1n) is 9.90. The Bertz CT molecular complexity index is 1120. The maximum absolute atomic E-state index is 15.5. The van der Waals surface area contributed by atoms with Crippen LogP contribution in [0.25, 0.3) is 0 Å². The summed E-state index contributed by atoms with van der Waals surface area (Å²) in [6, 6.07) is 31.5. The van der Waals surface area contributed by atoms with E-state index in [2.05, 4.69) is 21.2 Å². The van der Waals surface area contributed by atoms with E-state index in [0.29, 0.717) is 34.0 Å². The Labute approximate surface area is 194 Å². The molecule has 0 heterocycles. The SMILES string of the molecule is Fc1c(Br)c(OCc2ccccc2)cc(NCc2ccccc2)c1Sc1ccccc1. The molecule has 2 nitrogen and oxygen atoms in total. The molecule has 0 bridgehead atoms. The van der Waals surface area contributed by atoms with Crippen LogP contribution in [-0.2, 0) is 13.2 Å². The van der Waals surface area contributed by atoms with Crippen LogP contribution < -0.4 is 10.1 Å². The molecule has 156 valence electrons. The van der Waals surface area contributed by atoms with E-state index in [1.807, 2.05) is 97.1 Å². The minimum absolute atomic E-state index is 0.326. The summed E-state index contributed by atoms with van der Waals surface area (Å²) in [5.74, 6) is 0.129. The number of hydrogen-bond donors (Lipinski definition) is 1. The Balaban J connectivity index is 1.64. The third-order valence-corrected chi connectivity index (χ3v) is 6.50. The van der Waals surface area contributed by atoms with E-state index in [1.165, 1.54) is 11.8 Å². The molecule has 5 heteroatoms. The minimum Gasteiger partial charge on any atom is -0.488 e. The molecule has 0 radical (unpaired) electrons. The number of halogens is 2. The summed E-state index contributed by atoms with van der Waals surface area (Å²) in [5, 5.41) is 3.39. The monoisotopic (exact) mass is 493 g/mol. The molecule has 0 atom stereocenters. The van der Waals surface area contributed by atoms with Crippen molar-refractivity contribution in [3.63, 3.8) is 0 Å². The van der Waals surface area contributed by atoms with Gasteiger partial charge in [-0.2, -0.15) is 0 Å². The number of ether oxygens (including phenoxy) is 1. The first-order valence-corrected chi connectivity index (χ1v) is 11.5. The number of benzene rings is 4. The Morgan fingerprint density at radius 2 is 1.39 bits per heavy atom. The largest absolute Gasteiger partial charge is 0.488 e. The van der Waals surface area contributed by atoms with Crippen LogP contribution in [0.1, 0.15) is 11.1 Å². The summed E-state index contributed by atoms with van der Waals surface area (Å²) < 4.78 is 21.8. The Morgan fingerprint density at radius 3 is 2.03 bits per heavy atom. The van der Waals surface area contributed by atoms with Gasteiger partial charge in [0.05, 0.1) is 15.1 Å². The molecule has 4 aromatic rings. The second kappa shape index (κ2) is 10.5. The number of nitrogens with one attached hydrogen (secondary N) is 1. The number of hydrogen-bond acceptors (Lipinski definition) is 3. The van der Waals surface area contributed by atoms with Crippen LogP contribution in [0.4, 0.5) is 10.1 Å². The van der Waals surface area contributed by atoms with Gasteiger partial charge in [-0.1, -0.05) is 90.6 Å². The van der Waals surface area contributed by atoms with Crippen LogP contribution in [-0.4, -0.2) is 0 Å². The van der Waals surface area contributed by atoms with Crippen LogP contribution in [0, 0.1) is 5.82 Å². The molecule has 0 fully saturated rings. The fraction of sp³-hybridized carbons (Fsp3) is 0.0769. The predicted octanol–water partition coefficient (Wildman–Crippen LogP) is 7.93. The van der Waals surface area contributed by atoms with Crippen LogP contribution in [0.5, 0.6) is 5.75 Å². The molecule has 0 spiro atoms. The lowest BCUT2D eigenvalue weighted by Gasteiger charge is -2.17. The van der Waals surface area contributed by atoms with Crippen molar-refractivity contribution >= 4 is 33.4 Å². The molecule has 0 aromatic heterocycles. The number of rotatable bonds is 8. The summed E-state index contributed by atoms with van der Waals surface area (Å²) in [6.45, 7) is 0.949. The summed E-state index contributed by atoms with van der Waals surface area (Å²) in [5.41, 5.74) is 2.84. The topological polar surface area (TPSA) is 21.3 Å². The smallest absolute Gasteiger partial charge is 0.157 e. The lowest BCUT2D eigenvalue weighted by molar-refractivity contribution is 0.302. The first-order chi connectivity index (χ1) is 15.2. The van der Waals surface area contributed by atoms with Crippen LogP contribution in [0.3, 0.4) is 0 Å². The van der Waals surface area contributed by atoms with Gasteiger partial charge in [0.2, 0.25) is 0 Å². The zero-order chi connectivity index (χ0) is 21.5. The highest BCUT2D eigenvalue weighted by molar-refractivity contribution is 9.10. The van der Waals surface area contributed by atoms with E-state index in [-0.39, 0.29) is 5.82 Å². The average molecular weight is 494 g/mol. The van der Waals surface area contributed by atoms with Gasteiger partial charge in [-0.25, -0.2) is 4.39 Å². The quantitative estimate of drug-likeness (QED) is 0.269. The van der Waals surface area contributed by atoms with Gasteiger partial charge in [0, 0.05) is 17.5 Å². The zero-order valence-corrected chi connectivity index (χ0v) is 19.1. The molecule has 0 aliphatic heterocycles. The van der Waals surface area contributed by atoms with Gasteiger partial charge >= 0.3 is 0 Å². The lowest BCUT2D eigenvalue weighted by atomic mass is 10.2. The van der Waals surface area contributed by atoms with Crippen molar-refractivity contribution in [1.82, 2.24) is 0 Å². The fourth-order valence-corrected chi connectivity index (χ4v) is 4.58. The van der Waals surface area contributed by atoms with Crippen molar-refractivity contribution in [2.45, 2.75) is 22.9 Å². The van der Waals surface area contributed by atoms with Crippen molar-refractivity contribution in [2.24, 2.45) is 0 Å². The highest BCUT2D eigenvalue weighted by Gasteiger charge is 2.19.